The second kappa shape index (κ2) is 7.16. The summed E-state index contributed by atoms with van der Waals surface area (Å²) >= 11 is 5.96. The van der Waals surface area contributed by atoms with Gasteiger partial charge in [0, 0.05) is 5.02 Å². The van der Waals surface area contributed by atoms with Crippen LogP contribution in [-0.2, 0) is 0 Å². The summed E-state index contributed by atoms with van der Waals surface area (Å²) in [6.45, 7) is 0. The van der Waals surface area contributed by atoms with Crippen molar-refractivity contribution in [2.45, 2.75) is 0 Å². The Morgan fingerprint density at radius 1 is 0.833 bits per heavy atom. The van der Waals surface area contributed by atoms with Crippen molar-refractivity contribution in [3.63, 3.8) is 0 Å². The number of aromatic carboxylic acids is 1. The van der Waals surface area contributed by atoms with Gasteiger partial charge >= 0.3 is 5.97 Å². The second-order valence-electron chi connectivity index (χ2n) is 5.35. The first-order chi connectivity index (χ1) is 11.6. The minimum absolute atomic E-state index is 0.286. The van der Waals surface area contributed by atoms with Gasteiger partial charge in [-0.3, -0.25) is 0 Å². The highest BCUT2D eigenvalue weighted by Gasteiger charge is 2.03. The number of carbonyl (C=O) groups is 1. The number of carboxylic acids is 1. The molecule has 0 unspecified atom stereocenters. The zero-order chi connectivity index (χ0) is 16.9. The van der Waals surface area contributed by atoms with E-state index < -0.39 is 5.97 Å². The van der Waals surface area contributed by atoms with Gasteiger partial charge in [0.15, 0.2) is 0 Å². The lowest BCUT2D eigenvalue weighted by Gasteiger charge is -2.06. The third-order valence-electron chi connectivity index (χ3n) is 3.73. The molecule has 0 aromatic heterocycles. The quantitative estimate of drug-likeness (QED) is 0.605. The van der Waals surface area contributed by atoms with Crippen LogP contribution in [-0.4, -0.2) is 11.1 Å². The van der Waals surface area contributed by atoms with Crippen molar-refractivity contribution in [2.75, 3.05) is 0 Å². The molecule has 3 rings (SSSR count). The second-order valence-corrected chi connectivity index (χ2v) is 5.79. The van der Waals surface area contributed by atoms with Crippen LogP contribution in [0.2, 0.25) is 5.02 Å². The molecule has 0 amide bonds. The number of rotatable bonds is 4. The molecule has 3 aromatic rings. The first kappa shape index (κ1) is 16.0. The highest BCUT2D eigenvalue weighted by molar-refractivity contribution is 6.30. The number of carboxylic acid groups (broad SMARTS) is 1. The summed E-state index contributed by atoms with van der Waals surface area (Å²) in [5.41, 5.74) is 4.54. The van der Waals surface area contributed by atoms with Crippen LogP contribution in [0.25, 0.3) is 23.3 Å². The van der Waals surface area contributed by atoms with Gasteiger partial charge in [-0.15, -0.1) is 0 Å². The van der Waals surface area contributed by atoms with Crippen LogP contribution in [0.3, 0.4) is 0 Å². The predicted octanol–water partition coefficient (Wildman–Crippen LogP) is 5.88. The summed E-state index contributed by atoms with van der Waals surface area (Å²) in [7, 11) is 0. The molecule has 0 saturated heterocycles. The lowest BCUT2D eigenvalue weighted by Crippen LogP contribution is -1.94. The van der Waals surface area contributed by atoms with Crippen molar-refractivity contribution < 1.29 is 9.90 Å². The third kappa shape index (κ3) is 3.73. The van der Waals surface area contributed by atoms with Crippen molar-refractivity contribution in [2.24, 2.45) is 0 Å². The van der Waals surface area contributed by atoms with Gasteiger partial charge in [-0.2, -0.15) is 0 Å². The fraction of sp³-hybridized carbons (Fsp3) is 0. The molecule has 0 fully saturated rings. The van der Waals surface area contributed by atoms with Gasteiger partial charge in [-0.1, -0.05) is 72.3 Å². The average Bonchev–Trinajstić information content (AvgIpc) is 2.61. The van der Waals surface area contributed by atoms with E-state index in [0.29, 0.717) is 5.02 Å². The molecule has 3 heteroatoms. The first-order valence-corrected chi connectivity index (χ1v) is 7.88. The maximum absolute atomic E-state index is 10.9. The van der Waals surface area contributed by atoms with E-state index in [2.05, 4.69) is 6.07 Å². The summed E-state index contributed by atoms with van der Waals surface area (Å²) < 4.78 is 0. The molecule has 0 aliphatic carbocycles. The summed E-state index contributed by atoms with van der Waals surface area (Å²) in [6, 6.07) is 22.7. The summed E-state index contributed by atoms with van der Waals surface area (Å²) in [6.07, 6.45) is 4.00. The van der Waals surface area contributed by atoms with Gasteiger partial charge in [0.1, 0.15) is 0 Å². The number of benzene rings is 3. The van der Waals surface area contributed by atoms with E-state index in [1.165, 1.54) is 0 Å². The molecule has 0 saturated carbocycles. The Kier molecular flexibility index (Phi) is 4.78. The molecule has 3 aromatic carbocycles. The highest BCUT2D eigenvalue weighted by atomic mass is 35.5. The fourth-order valence-corrected chi connectivity index (χ4v) is 2.58. The maximum atomic E-state index is 10.9. The maximum Gasteiger partial charge on any atom is 0.335 e. The van der Waals surface area contributed by atoms with E-state index >= 15 is 0 Å². The molecule has 0 radical (unpaired) electrons. The van der Waals surface area contributed by atoms with Crippen LogP contribution in [0.1, 0.15) is 21.5 Å². The van der Waals surface area contributed by atoms with Crippen molar-refractivity contribution in [3.05, 3.63) is 94.5 Å². The van der Waals surface area contributed by atoms with Crippen molar-refractivity contribution >= 4 is 29.7 Å². The Labute approximate surface area is 145 Å². The van der Waals surface area contributed by atoms with Crippen LogP contribution in [0.4, 0.5) is 0 Å². The van der Waals surface area contributed by atoms with Crippen LogP contribution in [0.5, 0.6) is 0 Å². The summed E-state index contributed by atoms with van der Waals surface area (Å²) in [5.74, 6) is -0.918. The van der Waals surface area contributed by atoms with E-state index in [4.69, 9.17) is 16.7 Å². The van der Waals surface area contributed by atoms with Crippen molar-refractivity contribution in [1.29, 1.82) is 0 Å². The first-order valence-electron chi connectivity index (χ1n) is 7.50. The average molecular weight is 335 g/mol. The van der Waals surface area contributed by atoms with Crippen LogP contribution in [0.15, 0.2) is 72.8 Å². The Morgan fingerprint density at radius 2 is 1.50 bits per heavy atom. The molecule has 0 atom stereocenters. The molecule has 24 heavy (non-hydrogen) atoms. The van der Waals surface area contributed by atoms with Crippen molar-refractivity contribution in [3.8, 4) is 11.1 Å². The van der Waals surface area contributed by atoms with E-state index in [0.717, 1.165) is 22.3 Å². The van der Waals surface area contributed by atoms with Crippen LogP contribution in [0, 0.1) is 0 Å². The van der Waals surface area contributed by atoms with Gasteiger partial charge in [-0.05, 0) is 46.5 Å². The van der Waals surface area contributed by atoms with E-state index in [1.54, 1.807) is 24.3 Å². The standard InChI is InChI=1S/C21H15ClO2/c22-19-13-11-17(12-14-19)20-4-2-1-3-16(20)8-5-15-6-9-18(10-7-15)21(23)24/h1-14H,(H,23,24)/b8-5+. The minimum atomic E-state index is -0.918. The van der Waals surface area contributed by atoms with Crippen LogP contribution < -0.4 is 0 Å². The zero-order valence-electron chi connectivity index (χ0n) is 12.8. The van der Waals surface area contributed by atoms with Crippen molar-refractivity contribution in [1.82, 2.24) is 0 Å². The molecule has 0 heterocycles. The molecular formula is C21H15ClO2. The number of halogens is 1. The molecule has 0 spiro atoms. The summed E-state index contributed by atoms with van der Waals surface area (Å²) in [5, 5.41) is 9.65. The van der Waals surface area contributed by atoms with E-state index in [9.17, 15) is 4.79 Å². The monoisotopic (exact) mass is 334 g/mol. The Morgan fingerprint density at radius 3 is 2.17 bits per heavy atom. The molecule has 118 valence electrons. The van der Waals surface area contributed by atoms with Gasteiger partial charge in [0.25, 0.3) is 0 Å². The topological polar surface area (TPSA) is 37.3 Å². The molecule has 2 nitrogen and oxygen atoms in total. The smallest absolute Gasteiger partial charge is 0.335 e. The lowest BCUT2D eigenvalue weighted by molar-refractivity contribution is 0.0697. The largest absolute Gasteiger partial charge is 0.478 e. The SMILES string of the molecule is O=C(O)c1ccc(/C=C/c2ccccc2-c2ccc(Cl)cc2)cc1. The Balaban J connectivity index is 1.90. The molecular weight excluding hydrogens is 320 g/mol. The third-order valence-corrected chi connectivity index (χ3v) is 3.98. The molecule has 0 aliphatic rings. The predicted molar refractivity (Wildman–Crippen MR) is 99.2 cm³/mol. The van der Waals surface area contributed by atoms with E-state index in [-0.39, 0.29) is 5.56 Å². The van der Waals surface area contributed by atoms with Gasteiger partial charge in [-0.25, -0.2) is 4.79 Å². The Hall–Kier alpha value is -2.84. The summed E-state index contributed by atoms with van der Waals surface area (Å²) in [4.78, 5) is 10.9. The number of hydrogen-bond donors (Lipinski definition) is 1. The number of hydrogen-bond acceptors (Lipinski definition) is 1. The highest BCUT2D eigenvalue weighted by Crippen LogP contribution is 2.26. The molecule has 1 N–H and O–H groups in total. The van der Waals surface area contributed by atoms with Gasteiger partial charge in [0.05, 0.1) is 5.56 Å². The molecule has 0 bridgehead atoms. The van der Waals surface area contributed by atoms with Gasteiger partial charge < -0.3 is 5.11 Å². The van der Waals surface area contributed by atoms with Gasteiger partial charge in [0.2, 0.25) is 0 Å². The van der Waals surface area contributed by atoms with E-state index in [1.807, 2.05) is 54.6 Å². The van der Waals surface area contributed by atoms with Crippen LogP contribution >= 0.6 is 11.6 Å². The molecule has 0 aliphatic heterocycles. The lowest BCUT2D eigenvalue weighted by atomic mass is 9.99. The Bertz CT molecular complexity index is 878. The normalized spacial score (nSPS) is 10.9. The fourth-order valence-electron chi connectivity index (χ4n) is 2.46. The zero-order valence-corrected chi connectivity index (χ0v) is 13.6. The minimum Gasteiger partial charge on any atom is -0.478 e.